The van der Waals surface area contributed by atoms with Crippen molar-refractivity contribution in [3.63, 3.8) is 0 Å². The van der Waals surface area contributed by atoms with Crippen LogP contribution in [0.5, 0.6) is 0 Å². The van der Waals surface area contributed by atoms with E-state index >= 15 is 0 Å². The van der Waals surface area contributed by atoms with Gasteiger partial charge < -0.3 is 10.6 Å². The Morgan fingerprint density at radius 1 is 0.679 bits per heavy atom. The van der Waals surface area contributed by atoms with Crippen LogP contribution in [0.4, 0.5) is 11.4 Å². The number of halogens is 3. The van der Waals surface area contributed by atoms with Crippen LogP contribution in [0, 0.1) is 6.92 Å². The van der Waals surface area contributed by atoms with Crippen molar-refractivity contribution < 1.29 is 9.59 Å². The van der Waals surface area contributed by atoms with E-state index in [4.69, 9.17) is 34.8 Å². The Morgan fingerprint density at radius 3 is 2.00 bits per heavy atom. The van der Waals surface area contributed by atoms with Gasteiger partial charge in [-0.1, -0.05) is 59.1 Å². The second-order valence-electron chi connectivity index (χ2n) is 6.05. The van der Waals surface area contributed by atoms with Crippen LogP contribution < -0.4 is 10.6 Å². The molecule has 0 atom stereocenters. The summed E-state index contributed by atoms with van der Waals surface area (Å²) in [7, 11) is 0. The smallest absolute Gasteiger partial charge is 0.255 e. The van der Waals surface area contributed by atoms with Crippen molar-refractivity contribution in [3.05, 3.63) is 92.4 Å². The van der Waals surface area contributed by atoms with E-state index in [1.165, 1.54) is 12.1 Å². The molecule has 0 spiro atoms. The number of carbonyl (C=O) groups excluding carboxylic acids is 2. The Labute approximate surface area is 177 Å². The molecule has 0 bridgehead atoms. The van der Waals surface area contributed by atoms with Crippen LogP contribution in [0.15, 0.2) is 60.7 Å². The maximum atomic E-state index is 12.6. The van der Waals surface area contributed by atoms with Crippen molar-refractivity contribution in [3.8, 4) is 0 Å². The molecule has 0 fully saturated rings. The van der Waals surface area contributed by atoms with E-state index in [0.29, 0.717) is 27.5 Å². The third-order valence-electron chi connectivity index (χ3n) is 4.04. The predicted molar refractivity (Wildman–Crippen MR) is 115 cm³/mol. The van der Waals surface area contributed by atoms with Crippen molar-refractivity contribution >= 4 is 58.0 Å². The third-order valence-corrected chi connectivity index (χ3v) is 5.08. The highest BCUT2D eigenvalue weighted by atomic mass is 35.5. The lowest BCUT2D eigenvalue weighted by atomic mass is 10.1. The second kappa shape index (κ2) is 8.65. The normalized spacial score (nSPS) is 10.4. The Morgan fingerprint density at radius 2 is 1.29 bits per heavy atom. The van der Waals surface area contributed by atoms with Gasteiger partial charge in [0.15, 0.2) is 0 Å². The lowest BCUT2D eigenvalue weighted by Gasteiger charge is -2.12. The summed E-state index contributed by atoms with van der Waals surface area (Å²) in [6.07, 6.45) is 0. The van der Waals surface area contributed by atoms with E-state index in [9.17, 15) is 9.59 Å². The van der Waals surface area contributed by atoms with Crippen molar-refractivity contribution in [2.45, 2.75) is 6.92 Å². The minimum atomic E-state index is -0.393. The summed E-state index contributed by atoms with van der Waals surface area (Å²) in [5.74, 6) is -0.649. The minimum absolute atomic E-state index is 0.256. The van der Waals surface area contributed by atoms with Crippen LogP contribution >= 0.6 is 34.8 Å². The van der Waals surface area contributed by atoms with Crippen LogP contribution in [-0.4, -0.2) is 11.8 Å². The number of carbonyl (C=O) groups is 2. The fourth-order valence-corrected chi connectivity index (χ4v) is 3.09. The molecule has 2 amide bonds. The number of amides is 2. The van der Waals surface area contributed by atoms with Crippen molar-refractivity contribution in [2.24, 2.45) is 0 Å². The number of nitrogens with one attached hydrogen (secondary N) is 2. The van der Waals surface area contributed by atoms with Crippen molar-refractivity contribution in [1.29, 1.82) is 0 Å². The third kappa shape index (κ3) is 4.65. The molecular formula is C21H15Cl3N2O2. The zero-order valence-corrected chi connectivity index (χ0v) is 17.0. The standard InChI is InChI=1S/C21H15Cl3N2O2/c1-12-7-8-14(9-18(12)25-20(27)13-5-3-2-4-6-13)21(28)26-19-11-16(23)15(22)10-17(19)24/h2-11H,1H3,(H,25,27)(H,26,28). The lowest BCUT2D eigenvalue weighted by molar-refractivity contribution is 0.101. The highest BCUT2D eigenvalue weighted by Gasteiger charge is 2.14. The predicted octanol–water partition coefficient (Wildman–Crippen LogP) is 6.46. The Bertz CT molecular complexity index is 1050. The molecule has 0 aliphatic heterocycles. The number of benzene rings is 3. The summed E-state index contributed by atoms with van der Waals surface area (Å²) < 4.78 is 0. The zero-order chi connectivity index (χ0) is 20.3. The molecule has 0 radical (unpaired) electrons. The molecule has 3 aromatic carbocycles. The van der Waals surface area contributed by atoms with Gasteiger partial charge in [-0.25, -0.2) is 0 Å². The molecule has 0 unspecified atom stereocenters. The summed E-state index contributed by atoms with van der Waals surface area (Å²) in [5.41, 5.74) is 2.60. The van der Waals surface area contributed by atoms with Gasteiger partial charge in [-0.15, -0.1) is 0 Å². The summed E-state index contributed by atoms with van der Waals surface area (Å²) in [4.78, 5) is 25.0. The van der Waals surface area contributed by atoms with E-state index in [2.05, 4.69) is 10.6 Å². The van der Waals surface area contributed by atoms with E-state index in [1.54, 1.807) is 42.5 Å². The van der Waals surface area contributed by atoms with Gasteiger partial charge in [0.1, 0.15) is 0 Å². The van der Waals surface area contributed by atoms with Gasteiger partial charge in [-0.2, -0.15) is 0 Å². The van der Waals surface area contributed by atoms with Gasteiger partial charge in [-0.3, -0.25) is 9.59 Å². The first-order chi connectivity index (χ1) is 13.3. The molecule has 2 N–H and O–H groups in total. The average molecular weight is 434 g/mol. The molecule has 28 heavy (non-hydrogen) atoms. The first-order valence-corrected chi connectivity index (χ1v) is 9.41. The van der Waals surface area contributed by atoms with Crippen molar-refractivity contribution in [1.82, 2.24) is 0 Å². The topological polar surface area (TPSA) is 58.2 Å². The minimum Gasteiger partial charge on any atom is -0.322 e. The zero-order valence-electron chi connectivity index (χ0n) is 14.7. The van der Waals surface area contributed by atoms with Crippen LogP contribution in [0.1, 0.15) is 26.3 Å². The molecule has 0 aliphatic carbocycles. The van der Waals surface area contributed by atoms with Gasteiger partial charge in [0.25, 0.3) is 11.8 Å². The van der Waals surface area contributed by atoms with Gasteiger partial charge in [0.2, 0.25) is 0 Å². The van der Waals surface area contributed by atoms with E-state index < -0.39 is 5.91 Å². The number of anilines is 2. The maximum Gasteiger partial charge on any atom is 0.255 e. The summed E-state index contributed by atoms with van der Waals surface area (Å²) in [6.45, 7) is 1.85. The molecule has 3 rings (SSSR count). The van der Waals surface area contributed by atoms with E-state index in [0.717, 1.165) is 5.56 Å². The fraction of sp³-hybridized carbons (Fsp3) is 0.0476. The Balaban J connectivity index is 1.82. The van der Waals surface area contributed by atoms with Gasteiger partial charge in [0, 0.05) is 16.8 Å². The van der Waals surface area contributed by atoms with Gasteiger partial charge in [-0.05, 0) is 48.9 Å². The number of aryl methyl sites for hydroxylation is 1. The maximum absolute atomic E-state index is 12.6. The largest absolute Gasteiger partial charge is 0.322 e. The summed E-state index contributed by atoms with van der Waals surface area (Å²) in [5, 5.41) is 6.38. The molecule has 142 valence electrons. The fourth-order valence-electron chi connectivity index (χ4n) is 2.49. The molecule has 3 aromatic rings. The average Bonchev–Trinajstić information content (AvgIpc) is 2.68. The molecule has 0 saturated carbocycles. The van der Waals surface area contributed by atoms with Crippen LogP contribution in [0.2, 0.25) is 15.1 Å². The number of rotatable bonds is 4. The quantitative estimate of drug-likeness (QED) is 0.464. The van der Waals surface area contributed by atoms with Crippen molar-refractivity contribution in [2.75, 3.05) is 10.6 Å². The first kappa shape index (κ1) is 20.2. The highest BCUT2D eigenvalue weighted by molar-refractivity contribution is 6.44. The summed E-state index contributed by atoms with van der Waals surface area (Å²) in [6, 6.07) is 16.8. The molecule has 7 heteroatoms. The SMILES string of the molecule is Cc1ccc(C(=O)Nc2cc(Cl)c(Cl)cc2Cl)cc1NC(=O)c1ccccc1. The molecule has 0 saturated heterocycles. The monoisotopic (exact) mass is 432 g/mol. The second-order valence-corrected chi connectivity index (χ2v) is 7.27. The van der Waals surface area contributed by atoms with Crippen LogP contribution in [0.3, 0.4) is 0 Å². The molecule has 0 heterocycles. The molecule has 0 aromatic heterocycles. The number of hydrogen-bond acceptors (Lipinski definition) is 2. The molecule has 4 nitrogen and oxygen atoms in total. The molecule has 0 aliphatic rings. The van der Waals surface area contributed by atoms with Crippen LogP contribution in [0.25, 0.3) is 0 Å². The Kier molecular flexibility index (Phi) is 6.25. The highest BCUT2D eigenvalue weighted by Crippen LogP contribution is 2.32. The summed E-state index contributed by atoms with van der Waals surface area (Å²) >= 11 is 18.0. The number of hydrogen-bond donors (Lipinski definition) is 2. The van der Waals surface area contributed by atoms with Crippen LogP contribution in [-0.2, 0) is 0 Å². The van der Waals surface area contributed by atoms with Gasteiger partial charge in [0.05, 0.1) is 20.8 Å². The Hall–Kier alpha value is -2.53. The first-order valence-electron chi connectivity index (χ1n) is 8.28. The lowest BCUT2D eigenvalue weighted by Crippen LogP contribution is -2.15. The van der Waals surface area contributed by atoms with E-state index in [-0.39, 0.29) is 16.0 Å². The molecular weight excluding hydrogens is 419 g/mol. The van der Waals surface area contributed by atoms with Gasteiger partial charge >= 0.3 is 0 Å². The van der Waals surface area contributed by atoms with E-state index in [1.807, 2.05) is 13.0 Å².